The summed E-state index contributed by atoms with van der Waals surface area (Å²) in [6.07, 6.45) is 6.34. The van der Waals surface area contributed by atoms with Gasteiger partial charge in [0.05, 0.1) is 11.3 Å². The van der Waals surface area contributed by atoms with E-state index in [4.69, 9.17) is 5.73 Å². The number of benzene rings is 1. The standard InChI is InChI=1S/C19H23N3O2/c20-16-7-10-21-17(12-16)14-5-4-6-15(11-14)18(23)22-13-19(24)8-2-1-3-9-19/h4-7,10-12,24H,1-3,8-9,13H2,(H2,20,21)(H,22,23). The number of carbonyl (C=O) groups is 1. The van der Waals surface area contributed by atoms with Gasteiger partial charge in [-0.3, -0.25) is 9.78 Å². The van der Waals surface area contributed by atoms with Crippen LogP contribution in [0.3, 0.4) is 0 Å². The quantitative estimate of drug-likeness (QED) is 0.806. The number of hydrogen-bond donors (Lipinski definition) is 3. The molecule has 1 amide bonds. The SMILES string of the molecule is Nc1ccnc(-c2cccc(C(=O)NCC3(O)CCCCC3)c2)c1. The van der Waals surface area contributed by atoms with Gasteiger partial charge < -0.3 is 16.2 Å². The normalized spacial score (nSPS) is 16.5. The van der Waals surface area contributed by atoms with Crippen LogP contribution < -0.4 is 11.1 Å². The molecule has 1 aliphatic rings. The Morgan fingerprint density at radius 3 is 2.75 bits per heavy atom. The fourth-order valence-corrected chi connectivity index (χ4v) is 3.16. The molecule has 0 saturated heterocycles. The van der Waals surface area contributed by atoms with Crippen molar-refractivity contribution < 1.29 is 9.90 Å². The molecule has 0 bridgehead atoms. The minimum Gasteiger partial charge on any atom is -0.399 e. The van der Waals surface area contributed by atoms with E-state index in [2.05, 4.69) is 10.3 Å². The first kappa shape index (κ1) is 16.5. The molecule has 0 unspecified atom stereocenters. The van der Waals surface area contributed by atoms with Gasteiger partial charge in [0.25, 0.3) is 5.91 Å². The number of carbonyl (C=O) groups excluding carboxylic acids is 1. The summed E-state index contributed by atoms with van der Waals surface area (Å²) in [6, 6.07) is 10.8. The summed E-state index contributed by atoms with van der Waals surface area (Å²) >= 11 is 0. The van der Waals surface area contributed by atoms with E-state index < -0.39 is 5.60 Å². The number of anilines is 1. The summed E-state index contributed by atoms with van der Waals surface area (Å²) in [4.78, 5) is 16.7. The van der Waals surface area contributed by atoms with Gasteiger partial charge in [0.1, 0.15) is 0 Å². The Morgan fingerprint density at radius 2 is 2.00 bits per heavy atom. The molecule has 1 heterocycles. The zero-order valence-electron chi connectivity index (χ0n) is 13.7. The molecule has 0 aliphatic heterocycles. The van der Waals surface area contributed by atoms with Crippen LogP contribution in [0.1, 0.15) is 42.5 Å². The van der Waals surface area contributed by atoms with Crippen LogP contribution in [-0.2, 0) is 0 Å². The number of nitrogens with one attached hydrogen (secondary N) is 1. The first-order valence-electron chi connectivity index (χ1n) is 8.38. The second-order valence-corrected chi connectivity index (χ2v) is 6.52. The zero-order valence-corrected chi connectivity index (χ0v) is 13.7. The maximum atomic E-state index is 12.4. The molecule has 0 spiro atoms. The topological polar surface area (TPSA) is 88.2 Å². The van der Waals surface area contributed by atoms with E-state index in [1.54, 1.807) is 30.5 Å². The van der Waals surface area contributed by atoms with Crippen LogP contribution in [0, 0.1) is 0 Å². The van der Waals surface area contributed by atoms with Crippen molar-refractivity contribution in [1.82, 2.24) is 10.3 Å². The van der Waals surface area contributed by atoms with Gasteiger partial charge in [-0.1, -0.05) is 31.4 Å². The fourth-order valence-electron chi connectivity index (χ4n) is 3.16. The lowest BCUT2D eigenvalue weighted by atomic mass is 9.85. The van der Waals surface area contributed by atoms with Crippen molar-refractivity contribution in [3.05, 3.63) is 48.2 Å². The van der Waals surface area contributed by atoms with Gasteiger partial charge in [0, 0.05) is 29.6 Å². The average Bonchev–Trinajstić information content (AvgIpc) is 2.60. The Kier molecular flexibility index (Phi) is 4.81. The second kappa shape index (κ2) is 7.01. The molecule has 1 fully saturated rings. The number of hydrogen-bond acceptors (Lipinski definition) is 4. The molecule has 1 saturated carbocycles. The van der Waals surface area contributed by atoms with E-state index >= 15 is 0 Å². The number of rotatable bonds is 4. The van der Waals surface area contributed by atoms with E-state index in [-0.39, 0.29) is 5.91 Å². The number of nitrogen functional groups attached to an aromatic ring is 1. The molecule has 2 aromatic rings. The molecule has 126 valence electrons. The summed E-state index contributed by atoms with van der Waals surface area (Å²) in [5.41, 5.74) is 7.79. The van der Waals surface area contributed by atoms with Crippen LogP contribution in [0.2, 0.25) is 0 Å². The van der Waals surface area contributed by atoms with Gasteiger partial charge in [0.15, 0.2) is 0 Å². The van der Waals surface area contributed by atoms with Crippen molar-refractivity contribution in [2.45, 2.75) is 37.7 Å². The van der Waals surface area contributed by atoms with Crippen LogP contribution in [-0.4, -0.2) is 28.1 Å². The highest BCUT2D eigenvalue weighted by molar-refractivity contribution is 5.95. The number of amides is 1. The number of nitrogens with zero attached hydrogens (tertiary/aromatic N) is 1. The molecule has 3 rings (SSSR count). The summed E-state index contributed by atoms with van der Waals surface area (Å²) in [6.45, 7) is 0.298. The molecule has 0 radical (unpaired) electrons. The highest BCUT2D eigenvalue weighted by Gasteiger charge is 2.29. The number of nitrogens with two attached hydrogens (primary N) is 1. The Bertz CT molecular complexity index is 724. The number of aliphatic hydroxyl groups is 1. The van der Waals surface area contributed by atoms with E-state index in [0.29, 0.717) is 17.8 Å². The molecule has 1 aromatic carbocycles. The molecule has 4 N–H and O–H groups in total. The largest absolute Gasteiger partial charge is 0.399 e. The third-order valence-electron chi connectivity index (χ3n) is 4.57. The van der Waals surface area contributed by atoms with Gasteiger partial charge in [-0.25, -0.2) is 0 Å². The van der Waals surface area contributed by atoms with Crippen molar-refractivity contribution in [3.63, 3.8) is 0 Å². The third kappa shape index (κ3) is 3.92. The molecule has 24 heavy (non-hydrogen) atoms. The number of aromatic nitrogens is 1. The molecule has 1 aliphatic carbocycles. The van der Waals surface area contributed by atoms with Crippen LogP contribution in [0.25, 0.3) is 11.3 Å². The Labute approximate surface area is 141 Å². The summed E-state index contributed by atoms with van der Waals surface area (Å²) in [5, 5.41) is 13.4. The Morgan fingerprint density at radius 1 is 1.21 bits per heavy atom. The lowest BCUT2D eigenvalue weighted by Crippen LogP contribution is -2.44. The predicted octanol–water partition coefficient (Wildman–Crippen LogP) is 2.76. The minimum atomic E-state index is -0.763. The molecular weight excluding hydrogens is 302 g/mol. The van der Waals surface area contributed by atoms with Crippen LogP contribution in [0.15, 0.2) is 42.6 Å². The fraction of sp³-hybridized carbons (Fsp3) is 0.368. The summed E-state index contributed by atoms with van der Waals surface area (Å²) in [7, 11) is 0. The van der Waals surface area contributed by atoms with Crippen molar-refractivity contribution in [1.29, 1.82) is 0 Å². The maximum absolute atomic E-state index is 12.4. The monoisotopic (exact) mass is 325 g/mol. The molecule has 5 nitrogen and oxygen atoms in total. The molecule has 5 heteroatoms. The van der Waals surface area contributed by atoms with Crippen LogP contribution in [0.4, 0.5) is 5.69 Å². The van der Waals surface area contributed by atoms with Crippen molar-refractivity contribution in [2.24, 2.45) is 0 Å². The second-order valence-electron chi connectivity index (χ2n) is 6.52. The van der Waals surface area contributed by atoms with Crippen LogP contribution in [0.5, 0.6) is 0 Å². The van der Waals surface area contributed by atoms with E-state index in [1.807, 2.05) is 12.1 Å². The highest BCUT2D eigenvalue weighted by atomic mass is 16.3. The van der Waals surface area contributed by atoms with Gasteiger partial charge in [-0.2, -0.15) is 0 Å². The lowest BCUT2D eigenvalue weighted by Gasteiger charge is -2.32. The first-order chi connectivity index (χ1) is 11.6. The first-order valence-corrected chi connectivity index (χ1v) is 8.38. The maximum Gasteiger partial charge on any atom is 0.251 e. The molecule has 0 atom stereocenters. The summed E-state index contributed by atoms with van der Waals surface area (Å²) in [5.74, 6) is -0.181. The van der Waals surface area contributed by atoms with Crippen molar-refractivity contribution in [3.8, 4) is 11.3 Å². The van der Waals surface area contributed by atoms with Gasteiger partial charge >= 0.3 is 0 Å². The van der Waals surface area contributed by atoms with Crippen molar-refractivity contribution in [2.75, 3.05) is 12.3 Å². The smallest absolute Gasteiger partial charge is 0.251 e. The van der Waals surface area contributed by atoms with Gasteiger partial charge in [-0.05, 0) is 37.1 Å². The summed E-state index contributed by atoms with van der Waals surface area (Å²) < 4.78 is 0. The van der Waals surface area contributed by atoms with Crippen LogP contribution >= 0.6 is 0 Å². The van der Waals surface area contributed by atoms with Gasteiger partial charge in [0.2, 0.25) is 0 Å². The third-order valence-corrected chi connectivity index (χ3v) is 4.57. The minimum absolute atomic E-state index is 0.181. The van der Waals surface area contributed by atoms with E-state index in [9.17, 15) is 9.90 Å². The highest BCUT2D eigenvalue weighted by Crippen LogP contribution is 2.27. The van der Waals surface area contributed by atoms with Gasteiger partial charge in [-0.15, -0.1) is 0 Å². The molecular formula is C19H23N3O2. The average molecular weight is 325 g/mol. The zero-order chi connectivity index (χ0) is 17.0. The number of pyridine rings is 1. The van der Waals surface area contributed by atoms with E-state index in [0.717, 1.165) is 43.4 Å². The predicted molar refractivity (Wildman–Crippen MR) is 94.5 cm³/mol. The Balaban J connectivity index is 1.70. The van der Waals surface area contributed by atoms with E-state index in [1.165, 1.54) is 0 Å². The van der Waals surface area contributed by atoms with Crippen molar-refractivity contribution >= 4 is 11.6 Å². The Hall–Kier alpha value is -2.40. The molecule has 1 aromatic heterocycles. The lowest BCUT2D eigenvalue weighted by molar-refractivity contribution is 0.00526.